The minimum Gasteiger partial charge on any atom is -0.505 e. The number of nitrogens with one attached hydrogen (secondary N) is 2. The van der Waals surface area contributed by atoms with Gasteiger partial charge in [0, 0.05) is 5.56 Å². The molecule has 3 aromatic rings. The Morgan fingerprint density at radius 3 is 2.07 bits per heavy atom. The number of hydrogen-bond donors (Lipinski definition) is 14. The number of aliphatic hydroxyl groups is 4. The van der Waals surface area contributed by atoms with E-state index in [1.165, 1.54) is 25.1 Å². The maximum Gasteiger partial charge on any atom is 0.335 e. The largest absolute Gasteiger partial charge is 0.505 e. The summed E-state index contributed by atoms with van der Waals surface area (Å²) in [6.45, 7) is 0.263. The number of hydrogen-bond acceptors (Lipinski definition) is 14. The fraction of sp³-hybridized carbons (Fsp3) is 0.240. The van der Waals surface area contributed by atoms with Crippen LogP contribution in [0.5, 0.6) is 40.2 Å². The predicted molar refractivity (Wildman–Crippen MR) is 139 cm³/mol. The van der Waals surface area contributed by atoms with Gasteiger partial charge in [-0.25, -0.2) is 4.79 Å². The average Bonchev–Trinajstić information content (AvgIpc) is 2.90. The van der Waals surface area contributed by atoms with Crippen molar-refractivity contribution in [3.63, 3.8) is 0 Å². The van der Waals surface area contributed by atoms with Crippen molar-refractivity contribution in [3.8, 4) is 51.4 Å². The number of carboxylic acids is 1. The van der Waals surface area contributed by atoms with Gasteiger partial charge in [-0.3, -0.25) is 5.32 Å². The minimum absolute atomic E-state index is 0.102. The molecule has 14 N–H and O–H groups in total. The zero-order valence-electron chi connectivity index (χ0n) is 20.8. The van der Waals surface area contributed by atoms with Crippen LogP contribution in [0.15, 0.2) is 24.3 Å². The SMILES string of the molecule is CC1c2c(Cl)c(O)c(O)c(O)c2C1C(O)(O)NCC(O)(O)Nc1c(O)c(O)c(O)c(-c2cccc(C(=O)O)c2)c1O. The predicted octanol–water partition coefficient (Wildman–Crippen LogP) is 0.824. The molecule has 0 bridgehead atoms. The van der Waals surface area contributed by atoms with Crippen LogP contribution in [0.4, 0.5) is 5.69 Å². The van der Waals surface area contributed by atoms with Crippen molar-refractivity contribution in [1.82, 2.24) is 5.32 Å². The van der Waals surface area contributed by atoms with Crippen LogP contribution in [-0.2, 0) is 0 Å². The van der Waals surface area contributed by atoms with Gasteiger partial charge in [0.1, 0.15) is 5.69 Å². The van der Waals surface area contributed by atoms with Gasteiger partial charge in [-0.2, -0.15) is 0 Å². The Balaban J connectivity index is 1.63. The molecule has 0 saturated carbocycles. The number of carbonyl (C=O) groups is 1. The quantitative estimate of drug-likeness (QED) is 0.0973. The molecule has 3 aromatic carbocycles. The lowest BCUT2D eigenvalue weighted by atomic mass is 9.66. The van der Waals surface area contributed by atoms with Crippen molar-refractivity contribution >= 4 is 23.3 Å². The molecular formula is C25H25ClN2O13. The van der Waals surface area contributed by atoms with E-state index < -0.39 is 87.7 Å². The number of phenols is 7. The third-order valence-electron chi connectivity index (χ3n) is 6.85. The topological polar surface area (TPSA) is 284 Å². The lowest BCUT2D eigenvalue weighted by Crippen LogP contribution is -2.60. The summed E-state index contributed by atoms with van der Waals surface area (Å²) in [5.41, 5.74) is -2.09. The number of benzene rings is 3. The minimum atomic E-state index is -3.23. The van der Waals surface area contributed by atoms with E-state index in [4.69, 9.17) is 11.6 Å². The molecule has 0 saturated heterocycles. The van der Waals surface area contributed by atoms with Crippen LogP contribution in [0.2, 0.25) is 5.02 Å². The number of anilines is 1. The summed E-state index contributed by atoms with van der Waals surface area (Å²) in [6, 6.07) is 4.73. The Morgan fingerprint density at radius 2 is 1.46 bits per heavy atom. The monoisotopic (exact) mass is 596 g/mol. The van der Waals surface area contributed by atoms with Crippen LogP contribution < -0.4 is 10.6 Å². The number of aromatic carboxylic acids is 1. The molecule has 220 valence electrons. The first-order valence-electron chi connectivity index (χ1n) is 11.6. The van der Waals surface area contributed by atoms with Gasteiger partial charge in [0.2, 0.25) is 17.4 Å². The Bertz CT molecular complexity index is 1570. The van der Waals surface area contributed by atoms with Crippen LogP contribution in [0.1, 0.15) is 40.2 Å². The van der Waals surface area contributed by atoms with Gasteiger partial charge in [-0.05, 0) is 29.2 Å². The molecule has 2 unspecified atom stereocenters. The Kier molecular flexibility index (Phi) is 7.16. The van der Waals surface area contributed by atoms with Crippen molar-refractivity contribution in [2.75, 3.05) is 11.9 Å². The van der Waals surface area contributed by atoms with Crippen molar-refractivity contribution in [3.05, 3.63) is 46.0 Å². The zero-order chi connectivity index (χ0) is 30.8. The summed E-state index contributed by atoms with van der Waals surface area (Å²) < 4.78 is 0. The van der Waals surface area contributed by atoms with Gasteiger partial charge in [-0.15, -0.1) is 0 Å². The van der Waals surface area contributed by atoms with Crippen molar-refractivity contribution in [1.29, 1.82) is 0 Å². The molecule has 16 heteroatoms. The first-order valence-corrected chi connectivity index (χ1v) is 12.0. The molecule has 15 nitrogen and oxygen atoms in total. The highest BCUT2D eigenvalue weighted by atomic mass is 35.5. The number of aromatic hydroxyl groups is 7. The van der Waals surface area contributed by atoms with Crippen molar-refractivity contribution in [2.24, 2.45) is 0 Å². The Morgan fingerprint density at radius 1 is 0.854 bits per heavy atom. The Labute approximate surface area is 234 Å². The molecule has 2 atom stereocenters. The van der Waals surface area contributed by atoms with Crippen molar-refractivity contribution < 1.29 is 66.1 Å². The molecule has 0 fully saturated rings. The standard InChI is InChI=1S/C25H25ClN2O13/c1-7-10-12(18(31)21(34)19(32)14(10)26)13(7)25(40,41)27-6-24(38,39)28-15-16(29)11(17(30)22(35)20(15)33)8-3-2-4-9(5-8)23(36)37/h2-5,7,13,27-35,38-41H,6H2,1H3,(H,36,37). The molecule has 0 aliphatic heterocycles. The number of fused-ring (bicyclic) bond motifs is 1. The second-order valence-electron chi connectivity index (χ2n) is 9.51. The highest BCUT2D eigenvalue weighted by molar-refractivity contribution is 6.33. The molecule has 0 radical (unpaired) electrons. The van der Waals surface area contributed by atoms with Gasteiger partial charge >= 0.3 is 5.97 Å². The van der Waals surface area contributed by atoms with Crippen LogP contribution in [0.3, 0.4) is 0 Å². The maximum atomic E-state index is 11.3. The smallest absolute Gasteiger partial charge is 0.335 e. The summed E-state index contributed by atoms with van der Waals surface area (Å²) in [4.78, 5) is 11.3. The Hall–Kier alpha value is -4.38. The highest BCUT2D eigenvalue weighted by Gasteiger charge is 2.53. The van der Waals surface area contributed by atoms with Gasteiger partial charge in [0.15, 0.2) is 28.7 Å². The number of halogens is 1. The first kappa shape index (κ1) is 29.6. The molecule has 0 amide bonds. The number of carboxylic acid groups (broad SMARTS) is 1. The molecule has 0 spiro atoms. The van der Waals surface area contributed by atoms with E-state index in [0.717, 1.165) is 6.07 Å². The van der Waals surface area contributed by atoms with Crippen LogP contribution >= 0.6 is 11.6 Å². The fourth-order valence-electron chi connectivity index (χ4n) is 4.85. The maximum absolute atomic E-state index is 11.3. The summed E-state index contributed by atoms with van der Waals surface area (Å²) in [5.74, 6) is -17.2. The lowest BCUT2D eigenvalue weighted by Gasteiger charge is -2.46. The van der Waals surface area contributed by atoms with E-state index in [9.17, 15) is 66.1 Å². The summed E-state index contributed by atoms with van der Waals surface area (Å²) in [6.07, 6.45) is 0. The van der Waals surface area contributed by atoms with E-state index in [-0.39, 0.29) is 27.3 Å². The van der Waals surface area contributed by atoms with Crippen LogP contribution in [-0.4, -0.2) is 85.6 Å². The second-order valence-corrected chi connectivity index (χ2v) is 9.88. The number of phenolic OH excluding ortho intramolecular Hbond substituents is 7. The van der Waals surface area contributed by atoms with Gasteiger partial charge < -0.3 is 66.6 Å². The van der Waals surface area contributed by atoms with E-state index >= 15 is 0 Å². The number of rotatable bonds is 8. The molecule has 1 aliphatic rings. The lowest BCUT2D eigenvalue weighted by molar-refractivity contribution is -0.230. The zero-order valence-corrected chi connectivity index (χ0v) is 21.6. The van der Waals surface area contributed by atoms with Crippen LogP contribution in [0.25, 0.3) is 11.1 Å². The van der Waals surface area contributed by atoms with E-state index in [1.807, 2.05) is 10.6 Å². The third kappa shape index (κ3) is 4.80. The normalized spacial score (nSPS) is 16.6. The van der Waals surface area contributed by atoms with E-state index in [1.54, 1.807) is 0 Å². The molecule has 41 heavy (non-hydrogen) atoms. The third-order valence-corrected chi connectivity index (χ3v) is 7.24. The molecule has 0 heterocycles. The van der Waals surface area contributed by atoms with Gasteiger partial charge in [0.05, 0.1) is 28.6 Å². The summed E-state index contributed by atoms with van der Waals surface area (Å²) in [5, 5.41) is 127. The van der Waals surface area contributed by atoms with Crippen LogP contribution in [0, 0.1) is 0 Å². The first-order chi connectivity index (χ1) is 18.9. The molecule has 1 aliphatic carbocycles. The average molecular weight is 597 g/mol. The fourth-order valence-corrected chi connectivity index (χ4v) is 5.22. The van der Waals surface area contributed by atoms with Gasteiger partial charge in [-0.1, -0.05) is 30.7 Å². The highest BCUT2D eigenvalue weighted by Crippen LogP contribution is 2.62. The molecule has 4 rings (SSSR count). The van der Waals surface area contributed by atoms with Gasteiger partial charge in [0.25, 0.3) is 5.91 Å². The summed E-state index contributed by atoms with van der Waals surface area (Å²) >= 11 is 5.99. The summed E-state index contributed by atoms with van der Waals surface area (Å²) in [7, 11) is 0. The van der Waals surface area contributed by atoms with E-state index in [0.29, 0.717) is 0 Å². The molecule has 0 aromatic heterocycles. The molecular weight excluding hydrogens is 572 g/mol. The second kappa shape index (κ2) is 9.91. The van der Waals surface area contributed by atoms with E-state index in [2.05, 4.69) is 0 Å². The van der Waals surface area contributed by atoms with Crippen molar-refractivity contribution in [2.45, 2.75) is 30.6 Å².